The molecule has 4 heteroatoms. The van der Waals surface area contributed by atoms with Crippen LogP contribution in [-0.2, 0) is 4.79 Å². The Morgan fingerprint density at radius 2 is 1.60 bits per heavy atom. The van der Waals surface area contributed by atoms with Gasteiger partial charge in [0.1, 0.15) is 6.04 Å². The molecule has 0 saturated carbocycles. The molecular weight excluding hydrogens is 254 g/mol. The summed E-state index contributed by atoms with van der Waals surface area (Å²) in [4.78, 5) is 23.0. The molecule has 0 aliphatic heterocycles. The van der Waals surface area contributed by atoms with E-state index in [0.29, 0.717) is 5.56 Å². The molecule has 2 aromatic carbocycles. The van der Waals surface area contributed by atoms with Crippen LogP contribution in [0.4, 0.5) is 0 Å². The molecule has 2 N–H and O–H groups in total. The molecule has 2 aromatic rings. The molecule has 0 bridgehead atoms. The number of carboxylic acid groups (broad SMARTS) is 1. The number of carbonyl (C=O) groups is 2. The molecule has 0 aliphatic rings. The summed E-state index contributed by atoms with van der Waals surface area (Å²) in [6.07, 6.45) is 0. The largest absolute Gasteiger partial charge is 0.480 e. The van der Waals surface area contributed by atoms with E-state index in [2.05, 4.69) is 5.32 Å². The van der Waals surface area contributed by atoms with Gasteiger partial charge in [-0.1, -0.05) is 48.5 Å². The van der Waals surface area contributed by atoms with E-state index in [-0.39, 0.29) is 5.91 Å². The van der Waals surface area contributed by atoms with Crippen LogP contribution in [0.1, 0.15) is 17.3 Å². The first-order valence-corrected chi connectivity index (χ1v) is 6.27. The van der Waals surface area contributed by atoms with Gasteiger partial charge in [-0.25, -0.2) is 0 Å². The molecule has 1 atom stereocenters. The molecule has 0 fully saturated rings. The van der Waals surface area contributed by atoms with E-state index in [1.54, 1.807) is 12.1 Å². The maximum Gasteiger partial charge on any atom is 0.325 e. The molecule has 0 aromatic heterocycles. The van der Waals surface area contributed by atoms with Crippen LogP contribution in [0.3, 0.4) is 0 Å². The number of hydrogen-bond donors (Lipinski definition) is 2. The molecule has 0 heterocycles. The van der Waals surface area contributed by atoms with Crippen molar-refractivity contribution in [1.29, 1.82) is 0 Å². The van der Waals surface area contributed by atoms with Gasteiger partial charge in [0, 0.05) is 5.56 Å². The van der Waals surface area contributed by atoms with E-state index >= 15 is 0 Å². The Balaban J connectivity index is 2.33. The number of carboxylic acids is 1. The van der Waals surface area contributed by atoms with Crippen molar-refractivity contribution in [2.75, 3.05) is 0 Å². The number of amides is 1. The smallest absolute Gasteiger partial charge is 0.325 e. The van der Waals surface area contributed by atoms with Gasteiger partial charge in [-0.15, -0.1) is 0 Å². The van der Waals surface area contributed by atoms with Crippen LogP contribution in [0.25, 0.3) is 11.1 Å². The molecular formula is C16H15NO3. The second-order valence-corrected chi connectivity index (χ2v) is 4.44. The van der Waals surface area contributed by atoms with Crippen LogP contribution in [0.15, 0.2) is 54.6 Å². The predicted molar refractivity (Wildman–Crippen MR) is 76.4 cm³/mol. The lowest BCUT2D eigenvalue weighted by molar-refractivity contribution is -0.138. The fourth-order valence-electron chi connectivity index (χ4n) is 1.89. The standard InChI is InChI=1S/C16H15NO3/c1-11(16(19)20)17-15(18)14-10-6-5-9-13(14)12-7-3-2-4-8-12/h2-11H,1H3,(H,17,18)(H,19,20)/t11-/m0/s1. The van der Waals surface area contributed by atoms with Crippen LogP contribution in [0, 0.1) is 0 Å². The zero-order chi connectivity index (χ0) is 14.5. The maximum absolute atomic E-state index is 12.2. The lowest BCUT2D eigenvalue weighted by Crippen LogP contribution is -2.38. The van der Waals surface area contributed by atoms with Crippen molar-refractivity contribution < 1.29 is 14.7 Å². The van der Waals surface area contributed by atoms with Gasteiger partial charge in [0.05, 0.1) is 0 Å². The quantitative estimate of drug-likeness (QED) is 0.896. The van der Waals surface area contributed by atoms with Crippen LogP contribution in [0.5, 0.6) is 0 Å². The molecule has 0 aliphatic carbocycles. The highest BCUT2D eigenvalue weighted by molar-refractivity contribution is 6.02. The molecule has 0 unspecified atom stereocenters. The Morgan fingerprint density at radius 1 is 1.00 bits per heavy atom. The molecule has 0 spiro atoms. The van der Waals surface area contributed by atoms with Gasteiger partial charge in [0.2, 0.25) is 0 Å². The summed E-state index contributed by atoms with van der Waals surface area (Å²) >= 11 is 0. The highest BCUT2D eigenvalue weighted by Crippen LogP contribution is 2.23. The normalized spacial score (nSPS) is 11.7. The summed E-state index contributed by atoms with van der Waals surface area (Å²) in [7, 11) is 0. The monoisotopic (exact) mass is 269 g/mol. The second-order valence-electron chi connectivity index (χ2n) is 4.44. The van der Waals surface area contributed by atoms with Crippen molar-refractivity contribution in [3.63, 3.8) is 0 Å². The third-order valence-electron chi connectivity index (χ3n) is 2.97. The van der Waals surface area contributed by atoms with Gasteiger partial charge >= 0.3 is 5.97 Å². The Hall–Kier alpha value is -2.62. The van der Waals surface area contributed by atoms with Crippen LogP contribution in [-0.4, -0.2) is 23.0 Å². The van der Waals surface area contributed by atoms with Crippen molar-refractivity contribution in [2.45, 2.75) is 13.0 Å². The van der Waals surface area contributed by atoms with Gasteiger partial charge < -0.3 is 10.4 Å². The zero-order valence-corrected chi connectivity index (χ0v) is 11.0. The minimum atomic E-state index is -1.06. The van der Waals surface area contributed by atoms with E-state index in [1.165, 1.54) is 6.92 Å². The van der Waals surface area contributed by atoms with Crippen molar-refractivity contribution >= 4 is 11.9 Å². The second kappa shape index (κ2) is 6.02. The van der Waals surface area contributed by atoms with E-state index in [4.69, 9.17) is 5.11 Å². The third kappa shape index (κ3) is 3.03. The number of hydrogen-bond acceptors (Lipinski definition) is 2. The van der Waals surface area contributed by atoms with Crippen molar-refractivity contribution in [1.82, 2.24) is 5.32 Å². The van der Waals surface area contributed by atoms with E-state index < -0.39 is 12.0 Å². The average Bonchev–Trinajstić information content (AvgIpc) is 2.48. The summed E-state index contributed by atoms with van der Waals surface area (Å²) in [5.74, 6) is -1.45. The number of aliphatic carboxylic acids is 1. The number of benzene rings is 2. The van der Waals surface area contributed by atoms with Crippen molar-refractivity contribution in [2.24, 2.45) is 0 Å². The molecule has 102 valence electrons. The molecule has 2 rings (SSSR count). The SMILES string of the molecule is C[C@H](NC(=O)c1ccccc1-c1ccccc1)C(=O)O. The minimum Gasteiger partial charge on any atom is -0.480 e. The average molecular weight is 269 g/mol. The first-order valence-electron chi connectivity index (χ1n) is 6.27. The first kappa shape index (κ1) is 13.8. The van der Waals surface area contributed by atoms with Gasteiger partial charge in [-0.05, 0) is 24.1 Å². The zero-order valence-electron chi connectivity index (χ0n) is 11.0. The van der Waals surface area contributed by atoms with Crippen LogP contribution in [0.2, 0.25) is 0 Å². The van der Waals surface area contributed by atoms with Crippen molar-refractivity contribution in [3.8, 4) is 11.1 Å². The molecule has 4 nitrogen and oxygen atoms in total. The minimum absolute atomic E-state index is 0.389. The molecule has 0 saturated heterocycles. The Morgan fingerprint density at radius 3 is 2.25 bits per heavy atom. The summed E-state index contributed by atoms with van der Waals surface area (Å²) in [6.45, 7) is 1.44. The summed E-state index contributed by atoms with van der Waals surface area (Å²) in [5.41, 5.74) is 2.16. The van der Waals surface area contributed by atoms with Crippen molar-refractivity contribution in [3.05, 3.63) is 60.2 Å². The Kier molecular flexibility index (Phi) is 4.15. The topological polar surface area (TPSA) is 66.4 Å². The predicted octanol–water partition coefficient (Wildman–Crippen LogP) is 2.56. The third-order valence-corrected chi connectivity index (χ3v) is 2.97. The molecule has 0 radical (unpaired) electrons. The maximum atomic E-state index is 12.2. The summed E-state index contributed by atoms with van der Waals surface area (Å²) < 4.78 is 0. The summed E-state index contributed by atoms with van der Waals surface area (Å²) in [5, 5.41) is 11.3. The first-order chi connectivity index (χ1) is 9.59. The number of rotatable bonds is 4. The van der Waals surface area contributed by atoms with Crippen LogP contribution >= 0.6 is 0 Å². The van der Waals surface area contributed by atoms with Crippen LogP contribution < -0.4 is 5.32 Å². The lowest BCUT2D eigenvalue weighted by Gasteiger charge is -2.12. The molecule has 1 amide bonds. The highest BCUT2D eigenvalue weighted by atomic mass is 16.4. The van der Waals surface area contributed by atoms with E-state index in [9.17, 15) is 9.59 Å². The fraction of sp³-hybridized carbons (Fsp3) is 0.125. The highest BCUT2D eigenvalue weighted by Gasteiger charge is 2.17. The van der Waals surface area contributed by atoms with Gasteiger partial charge in [-0.2, -0.15) is 0 Å². The number of nitrogens with one attached hydrogen (secondary N) is 1. The Labute approximate surface area is 117 Å². The fourth-order valence-corrected chi connectivity index (χ4v) is 1.89. The van der Waals surface area contributed by atoms with E-state index in [1.807, 2.05) is 42.5 Å². The Bertz CT molecular complexity index is 623. The molecule has 20 heavy (non-hydrogen) atoms. The van der Waals surface area contributed by atoms with Gasteiger partial charge in [0.15, 0.2) is 0 Å². The lowest BCUT2D eigenvalue weighted by atomic mass is 9.99. The summed E-state index contributed by atoms with van der Waals surface area (Å²) in [6, 6.07) is 15.7. The van der Waals surface area contributed by atoms with E-state index in [0.717, 1.165) is 11.1 Å². The van der Waals surface area contributed by atoms with Gasteiger partial charge in [0.25, 0.3) is 5.91 Å². The van der Waals surface area contributed by atoms with Gasteiger partial charge in [-0.3, -0.25) is 9.59 Å². The number of carbonyl (C=O) groups excluding carboxylic acids is 1.